The lowest BCUT2D eigenvalue weighted by atomic mass is 9.96. The van der Waals surface area contributed by atoms with Crippen molar-refractivity contribution in [2.45, 2.75) is 58.9 Å². The molecule has 1 aliphatic rings. The fraction of sp³-hybridized carbons (Fsp3) is 0.667. The summed E-state index contributed by atoms with van der Waals surface area (Å²) in [4.78, 5) is 0. The summed E-state index contributed by atoms with van der Waals surface area (Å²) < 4.78 is 7.00. The third-order valence-electron chi connectivity index (χ3n) is 4.25. The first-order valence-corrected chi connectivity index (χ1v) is 9.08. The van der Waals surface area contributed by atoms with Crippen LogP contribution in [0.2, 0.25) is 0 Å². The summed E-state index contributed by atoms with van der Waals surface area (Å²) >= 11 is 3.63. The number of hydrogen-bond donors (Lipinski definition) is 1. The molecule has 0 aliphatic carbocycles. The first kappa shape index (κ1) is 16.8. The third-order valence-corrected chi connectivity index (χ3v) is 4.71. The molecule has 3 heteroatoms. The van der Waals surface area contributed by atoms with Crippen LogP contribution < -0.4 is 10.1 Å². The van der Waals surface area contributed by atoms with Crippen LogP contribution in [0.1, 0.15) is 51.2 Å². The van der Waals surface area contributed by atoms with E-state index >= 15 is 0 Å². The highest BCUT2D eigenvalue weighted by molar-refractivity contribution is 9.10. The normalized spacial score (nSPS) is 15.1. The van der Waals surface area contributed by atoms with Gasteiger partial charge in [0.05, 0.1) is 6.61 Å². The molecule has 0 radical (unpaired) electrons. The Morgan fingerprint density at radius 3 is 2.86 bits per heavy atom. The molecule has 1 N–H and O–H groups in total. The topological polar surface area (TPSA) is 21.3 Å². The van der Waals surface area contributed by atoms with Crippen LogP contribution in [0, 0.1) is 5.92 Å². The second-order valence-electron chi connectivity index (χ2n) is 6.35. The van der Waals surface area contributed by atoms with Crippen LogP contribution in [0.4, 0.5) is 0 Å². The molecule has 0 fully saturated rings. The van der Waals surface area contributed by atoms with Crippen molar-refractivity contribution in [1.29, 1.82) is 0 Å². The van der Waals surface area contributed by atoms with E-state index in [0.717, 1.165) is 31.7 Å². The predicted molar refractivity (Wildman–Crippen MR) is 93.2 cm³/mol. The van der Waals surface area contributed by atoms with Gasteiger partial charge < -0.3 is 10.1 Å². The van der Waals surface area contributed by atoms with E-state index in [9.17, 15) is 0 Å². The fourth-order valence-electron chi connectivity index (χ4n) is 3.04. The van der Waals surface area contributed by atoms with Crippen LogP contribution in [-0.4, -0.2) is 19.2 Å². The smallest absolute Gasteiger partial charge is 0.125 e. The van der Waals surface area contributed by atoms with Gasteiger partial charge >= 0.3 is 0 Å². The van der Waals surface area contributed by atoms with Gasteiger partial charge in [-0.2, -0.15) is 0 Å². The summed E-state index contributed by atoms with van der Waals surface area (Å²) in [5.41, 5.74) is 2.73. The van der Waals surface area contributed by atoms with Crippen molar-refractivity contribution in [1.82, 2.24) is 5.32 Å². The van der Waals surface area contributed by atoms with Gasteiger partial charge in [0.15, 0.2) is 0 Å². The molecule has 0 saturated heterocycles. The molecule has 0 spiro atoms. The quantitative estimate of drug-likeness (QED) is 0.729. The average molecular weight is 354 g/mol. The first-order valence-electron chi connectivity index (χ1n) is 8.29. The van der Waals surface area contributed by atoms with Gasteiger partial charge in [0, 0.05) is 16.9 Å². The maximum Gasteiger partial charge on any atom is 0.125 e. The van der Waals surface area contributed by atoms with E-state index in [4.69, 9.17) is 4.74 Å². The largest absolute Gasteiger partial charge is 0.493 e. The Bertz CT molecular complexity index is 459. The molecule has 0 aromatic heterocycles. The molecule has 2 nitrogen and oxygen atoms in total. The lowest BCUT2D eigenvalue weighted by Gasteiger charge is -2.22. The number of aryl methyl sites for hydroxylation is 1. The average Bonchev–Trinajstić information content (AvgIpc) is 2.90. The molecule has 21 heavy (non-hydrogen) atoms. The summed E-state index contributed by atoms with van der Waals surface area (Å²) in [5.74, 6) is 1.85. The van der Waals surface area contributed by atoms with Crippen molar-refractivity contribution in [2.75, 3.05) is 13.2 Å². The first-order chi connectivity index (χ1) is 10.1. The standard InChI is InChI=1S/C18H28BrNO/c1-4-9-20-17(13(2)3)7-5-6-14-11-16(19)12-15-8-10-21-18(14)15/h11-13,17,20H,4-10H2,1-3H3. The summed E-state index contributed by atoms with van der Waals surface area (Å²) in [6.07, 6.45) is 5.81. The third kappa shape index (κ3) is 4.72. The van der Waals surface area contributed by atoms with Crippen LogP contribution in [-0.2, 0) is 12.8 Å². The second-order valence-corrected chi connectivity index (χ2v) is 7.26. The minimum absolute atomic E-state index is 0.631. The fourth-order valence-corrected chi connectivity index (χ4v) is 3.60. The zero-order chi connectivity index (χ0) is 15.2. The van der Waals surface area contributed by atoms with E-state index in [1.54, 1.807) is 0 Å². The van der Waals surface area contributed by atoms with Gasteiger partial charge in [-0.15, -0.1) is 0 Å². The maximum absolute atomic E-state index is 5.82. The van der Waals surface area contributed by atoms with E-state index < -0.39 is 0 Å². The molecule has 1 aromatic rings. The Labute approximate surface area is 137 Å². The predicted octanol–water partition coefficient (Wildman–Crippen LogP) is 4.73. The SMILES string of the molecule is CCCNC(CCCc1cc(Br)cc2c1OCC2)C(C)C. The second kappa shape index (κ2) is 8.19. The molecule has 1 unspecified atom stereocenters. The minimum atomic E-state index is 0.631. The summed E-state index contributed by atoms with van der Waals surface area (Å²) in [6.45, 7) is 8.82. The highest BCUT2D eigenvalue weighted by Gasteiger charge is 2.18. The van der Waals surface area contributed by atoms with Crippen molar-refractivity contribution in [2.24, 2.45) is 5.92 Å². The Kier molecular flexibility index (Phi) is 6.56. The lowest BCUT2D eigenvalue weighted by Crippen LogP contribution is -2.34. The van der Waals surface area contributed by atoms with Gasteiger partial charge in [-0.05, 0) is 61.4 Å². The molecule has 0 bridgehead atoms. The van der Waals surface area contributed by atoms with Crippen LogP contribution in [0.5, 0.6) is 5.75 Å². The monoisotopic (exact) mass is 353 g/mol. The van der Waals surface area contributed by atoms with Crippen LogP contribution in [0.3, 0.4) is 0 Å². The number of rotatable bonds is 8. The van der Waals surface area contributed by atoms with Gasteiger partial charge in [-0.3, -0.25) is 0 Å². The molecule has 2 rings (SSSR count). The van der Waals surface area contributed by atoms with Crippen molar-refractivity contribution >= 4 is 15.9 Å². The molecular weight excluding hydrogens is 326 g/mol. The zero-order valence-corrected chi connectivity index (χ0v) is 15.1. The Morgan fingerprint density at radius 2 is 2.14 bits per heavy atom. The van der Waals surface area contributed by atoms with E-state index in [0.29, 0.717) is 12.0 Å². The minimum Gasteiger partial charge on any atom is -0.493 e. The van der Waals surface area contributed by atoms with Crippen molar-refractivity contribution in [3.63, 3.8) is 0 Å². The van der Waals surface area contributed by atoms with Gasteiger partial charge in [0.25, 0.3) is 0 Å². The van der Waals surface area contributed by atoms with Crippen molar-refractivity contribution < 1.29 is 4.74 Å². The number of halogens is 1. The van der Waals surface area contributed by atoms with Crippen LogP contribution in [0.15, 0.2) is 16.6 Å². The molecule has 1 atom stereocenters. The highest BCUT2D eigenvalue weighted by atomic mass is 79.9. The number of ether oxygens (including phenoxy) is 1. The highest BCUT2D eigenvalue weighted by Crippen LogP contribution is 2.34. The lowest BCUT2D eigenvalue weighted by molar-refractivity contribution is 0.349. The van der Waals surface area contributed by atoms with Gasteiger partial charge in [-0.25, -0.2) is 0 Å². The molecular formula is C18H28BrNO. The summed E-state index contributed by atoms with van der Waals surface area (Å²) in [7, 11) is 0. The summed E-state index contributed by atoms with van der Waals surface area (Å²) in [6, 6.07) is 5.06. The molecule has 118 valence electrons. The molecule has 1 aliphatic heterocycles. The van der Waals surface area contributed by atoms with Gasteiger partial charge in [0.1, 0.15) is 5.75 Å². The van der Waals surface area contributed by atoms with Crippen LogP contribution in [0.25, 0.3) is 0 Å². The number of fused-ring (bicyclic) bond motifs is 1. The number of hydrogen-bond acceptors (Lipinski definition) is 2. The van der Waals surface area contributed by atoms with E-state index in [1.165, 1.54) is 34.9 Å². The zero-order valence-electron chi connectivity index (χ0n) is 13.5. The maximum atomic E-state index is 5.82. The van der Waals surface area contributed by atoms with Gasteiger partial charge in [-0.1, -0.05) is 36.7 Å². The Balaban J connectivity index is 1.91. The van der Waals surface area contributed by atoms with E-state index in [1.807, 2.05) is 0 Å². The number of benzene rings is 1. The summed E-state index contributed by atoms with van der Waals surface area (Å²) in [5, 5.41) is 3.68. The van der Waals surface area contributed by atoms with Crippen molar-refractivity contribution in [3.8, 4) is 5.75 Å². The van der Waals surface area contributed by atoms with Crippen LogP contribution >= 0.6 is 15.9 Å². The van der Waals surface area contributed by atoms with Gasteiger partial charge in [0.2, 0.25) is 0 Å². The molecule has 0 amide bonds. The van der Waals surface area contributed by atoms with E-state index in [-0.39, 0.29) is 0 Å². The molecule has 1 aromatic carbocycles. The Morgan fingerprint density at radius 1 is 1.33 bits per heavy atom. The molecule has 1 heterocycles. The molecule has 0 saturated carbocycles. The Hall–Kier alpha value is -0.540. The van der Waals surface area contributed by atoms with E-state index in [2.05, 4.69) is 54.2 Å². The van der Waals surface area contributed by atoms with Crippen molar-refractivity contribution in [3.05, 3.63) is 27.7 Å². The number of nitrogens with one attached hydrogen (secondary N) is 1.